The zero-order valence-corrected chi connectivity index (χ0v) is 21.9. The van der Waals surface area contributed by atoms with Gasteiger partial charge in [0.25, 0.3) is 11.9 Å². The zero-order valence-electron chi connectivity index (χ0n) is 21.2. The molecule has 2 aromatic carbocycles. The van der Waals surface area contributed by atoms with E-state index in [-0.39, 0.29) is 51.9 Å². The Morgan fingerprint density at radius 1 is 1.23 bits per heavy atom. The normalized spacial score (nSPS) is 20.1. The number of aromatic nitrogens is 3. The van der Waals surface area contributed by atoms with Crippen molar-refractivity contribution in [1.29, 1.82) is 0 Å². The van der Waals surface area contributed by atoms with E-state index >= 15 is 4.39 Å². The lowest BCUT2D eigenvalue weighted by atomic mass is 10.0. The smallest absolute Gasteiger partial charge is 0.319 e. The van der Waals surface area contributed by atoms with Gasteiger partial charge in [-0.3, -0.25) is 0 Å². The first-order valence-corrected chi connectivity index (χ1v) is 13.1. The van der Waals surface area contributed by atoms with Crippen molar-refractivity contribution in [3.63, 3.8) is 0 Å². The van der Waals surface area contributed by atoms with Crippen LogP contribution in [-0.4, -0.2) is 78.2 Å². The molecule has 2 aliphatic rings. The van der Waals surface area contributed by atoms with E-state index in [4.69, 9.17) is 26.5 Å². The van der Waals surface area contributed by atoms with Crippen LogP contribution in [0.15, 0.2) is 28.7 Å². The lowest BCUT2D eigenvalue weighted by Gasteiger charge is -2.26. The highest BCUT2D eigenvalue weighted by molar-refractivity contribution is 6.34. The van der Waals surface area contributed by atoms with Crippen molar-refractivity contribution in [2.24, 2.45) is 0 Å². The van der Waals surface area contributed by atoms with E-state index in [0.717, 1.165) is 19.4 Å². The van der Waals surface area contributed by atoms with Crippen LogP contribution in [0.1, 0.15) is 12.8 Å². The third-order valence-electron chi connectivity index (χ3n) is 7.29. The zero-order chi connectivity index (χ0) is 27.3. The number of hydrogen-bond acceptors (Lipinski definition) is 9. The monoisotopic (exact) mass is 561 g/mol. The number of hydrogen-bond donors (Lipinski definition) is 2. The van der Waals surface area contributed by atoms with E-state index in [1.165, 1.54) is 11.0 Å². The molecule has 2 saturated heterocycles. The number of nitrogens with zero attached hydrogens (tertiary/aromatic N) is 5. The summed E-state index contributed by atoms with van der Waals surface area (Å²) in [5.74, 6) is -3.64. The molecule has 0 amide bonds. The molecule has 2 fully saturated rings. The Hall–Kier alpha value is -3.35. The third kappa shape index (κ3) is 4.92. The first-order chi connectivity index (χ1) is 18.7. The number of oxazole rings is 1. The summed E-state index contributed by atoms with van der Waals surface area (Å²) in [5.41, 5.74) is 6.75. The predicted molar refractivity (Wildman–Crippen MR) is 143 cm³/mol. The van der Waals surface area contributed by atoms with Crippen LogP contribution in [0.3, 0.4) is 0 Å². The number of alkyl halides is 2. The van der Waals surface area contributed by atoms with Crippen LogP contribution in [0.2, 0.25) is 5.02 Å². The van der Waals surface area contributed by atoms with Crippen LogP contribution in [-0.2, 0) is 0 Å². The summed E-state index contributed by atoms with van der Waals surface area (Å²) in [6.07, 6.45) is 1.98. The number of rotatable bonds is 5. The number of fused-ring (bicyclic) bond motifs is 2. The van der Waals surface area contributed by atoms with Gasteiger partial charge in [0.1, 0.15) is 23.5 Å². The summed E-state index contributed by atoms with van der Waals surface area (Å²) >= 11 is 6.65. The Balaban J connectivity index is 1.51. The van der Waals surface area contributed by atoms with Crippen molar-refractivity contribution in [2.75, 3.05) is 57.0 Å². The second kappa shape index (κ2) is 10.00. The number of nitrogens with one attached hydrogen (secondary N) is 1. The molecule has 0 bridgehead atoms. The maximum atomic E-state index is 16.4. The van der Waals surface area contributed by atoms with Gasteiger partial charge in [0.05, 0.1) is 18.1 Å². The molecule has 39 heavy (non-hydrogen) atoms. The number of para-hydroxylation sites is 1. The summed E-state index contributed by atoms with van der Waals surface area (Å²) in [7, 11) is 2.01. The second-order valence-electron chi connectivity index (χ2n) is 10.0. The molecule has 4 heterocycles. The molecule has 6 rings (SSSR count). The van der Waals surface area contributed by atoms with E-state index in [1.807, 2.05) is 7.05 Å². The Bertz CT molecular complexity index is 1550. The van der Waals surface area contributed by atoms with Crippen LogP contribution in [0, 0.1) is 5.82 Å². The highest BCUT2D eigenvalue weighted by Crippen LogP contribution is 2.41. The number of nitrogens with two attached hydrogens (primary N) is 1. The molecule has 2 aromatic heterocycles. The number of halogens is 4. The predicted octanol–water partition coefficient (Wildman–Crippen LogP) is 4.33. The van der Waals surface area contributed by atoms with Crippen molar-refractivity contribution in [2.45, 2.75) is 24.8 Å². The fraction of sp³-hybridized carbons (Fsp3) is 0.423. The standard InChI is InChI=1S/C26H27ClF3N7O2/c1-36-8-3-4-14(36)11-38-25-34-22-16(23(35-25)37-9-7-32-12-26(29,30)13-37)10-17(27)19(20(22)28)15-5-2-6-18-21(15)33-24(31)39-18/h2,5-6,10,14,32H,3-4,7-9,11-13H2,1H3,(H2,31,33)/t14-/m0/s1. The van der Waals surface area contributed by atoms with Gasteiger partial charge in [0.2, 0.25) is 0 Å². The molecule has 1 atom stereocenters. The van der Waals surface area contributed by atoms with E-state index < -0.39 is 24.8 Å². The molecule has 0 spiro atoms. The Labute approximate surface area is 227 Å². The molecule has 206 valence electrons. The van der Waals surface area contributed by atoms with Crippen molar-refractivity contribution >= 4 is 45.4 Å². The minimum absolute atomic E-state index is 0.0389. The number of ether oxygens (including phenoxy) is 1. The first-order valence-electron chi connectivity index (χ1n) is 12.7. The fourth-order valence-corrected chi connectivity index (χ4v) is 5.61. The maximum absolute atomic E-state index is 16.4. The first kappa shape index (κ1) is 25.9. The SMILES string of the molecule is CN1CCC[C@H]1COc1nc(N2CCNCC(F)(F)C2)c2cc(Cl)c(-c3cccc4oc(N)nc34)c(F)c2n1. The van der Waals surface area contributed by atoms with Crippen molar-refractivity contribution in [3.8, 4) is 17.1 Å². The number of likely N-dealkylation sites (N-methyl/N-ethyl adjacent to an activating group) is 1. The highest BCUT2D eigenvalue weighted by atomic mass is 35.5. The van der Waals surface area contributed by atoms with Crippen LogP contribution < -0.4 is 20.7 Å². The minimum atomic E-state index is -3.02. The maximum Gasteiger partial charge on any atom is 0.319 e. The second-order valence-corrected chi connectivity index (χ2v) is 10.4. The van der Waals surface area contributed by atoms with Gasteiger partial charge in [-0.15, -0.1) is 0 Å². The van der Waals surface area contributed by atoms with Gasteiger partial charge in [-0.05, 0) is 38.6 Å². The Kier molecular flexibility index (Phi) is 6.64. The van der Waals surface area contributed by atoms with E-state index in [2.05, 4.69) is 25.2 Å². The molecule has 9 nitrogen and oxygen atoms in total. The molecule has 4 aromatic rings. The summed E-state index contributed by atoms with van der Waals surface area (Å²) in [6, 6.07) is 6.48. The van der Waals surface area contributed by atoms with E-state index in [0.29, 0.717) is 29.8 Å². The number of benzene rings is 2. The van der Waals surface area contributed by atoms with E-state index in [9.17, 15) is 8.78 Å². The van der Waals surface area contributed by atoms with Gasteiger partial charge in [0, 0.05) is 35.6 Å². The fourth-order valence-electron chi connectivity index (χ4n) is 5.32. The summed E-state index contributed by atoms with van der Waals surface area (Å²) in [5, 5.41) is 2.99. The lowest BCUT2D eigenvalue weighted by Crippen LogP contribution is -2.39. The van der Waals surface area contributed by atoms with Gasteiger partial charge in [-0.25, -0.2) is 13.2 Å². The largest absolute Gasteiger partial charge is 0.462 e. The summed E-state index contributed by atoms with van der Waals surface area (Å²) in [6.45, 7) is 0.698. The third-order valence-corrected chi connectivity index (χ3v) is 7.59. The molecule has 0 saturated carbocycles. The van der Waals surface area contributed by atoms with Gasteiger partial charge < -0.3 is 30.0 Å². The number of likely N-dealkylation sites (tertiary alicyclic amines) is 1. The van der Waals surface area contributed by atoms with Crippen molar-refractivity contribution < 1.29 is 22.3 Å². The average Bonchev–Trinajstić information content (AvgIpc) is 3.43. The quantitative estimate of drug-likeness (QED) is 0.368. The number of anilines is 2. The van der Waals surface area contributed by atoms with Crippen LogP contribution >= 0.6 is 11.6 Å². The molecule has 0 unspecified atom stereocenters. The molecule has 2 aliphatic heterocycles. The molecule has 3 N–H and O–H groups in total. The Morgan fingerprint density at radius 2 is 2.08 bits per heavy atom. The molecule has 0 aliphatic carbocycles. The van der Waals surface area contributed by atoms with Crippen molar-refractivity contribution in [1.82, 2.24) is 25.2 Å². The van der Waals surface area contributed by atoms with Gasteiger partial charge in [0.15, 0.2) is 11.4 Å². The van der Waals surface area contributed by atoms with Crippen LogP contribution in [0.25, 0.3) is 33.1 Å². The number of nitrogen functional groups attached to an aromatic ring is 1. The molecular weight excluding hydrogens is 535 g/mol. The van der Waals surface area contributed by atoms with Gasteiger partial charge in [-0.1, -0.05) is 23.7 Å². The van der Waals surface area contributed by atoms with Crippen LogP contribution in [0.5, 0.6) is 6.01 Å². The summed E-state index contributed by atoms with van der Waals surface area (Å²) in [4.78, 5) is 16.7. The summed E-state index contributed by atoms with van der Waals surface area (Å²) < 4.78 is 56.9. The molecule has 13 heteroatoms. The average molecular weight is 562 g/mol. The van der Waals surface area contributed by atoms with E-state index in [1.54, 1.807) is 18.2 Å². The van der Waals surface area contributed by atoms with Gasteiger partial charge in [-0.2, -0.15) is 15.0 Å². The van der Waals surface area contributed by atoms with Crippen LogP contribution in [0.4, 0.5) is 25.0 Å². The minimum Gasteiger partial charge on any atom is -0.462 e. The highest BCUT2D eigenvalue weighted by Gasteiger charge is 2.35. The van der Waals surface area contributed by atoms with Gasteiger partial charge >= 0.3 is 6.01 Å². The lowest BCUT2D eigenvalue weighted by molar-refractivity contribution is 0.0156. The Morgan fingerprint density at radius 3 is 2.87 bits per heavy atom. The molecule has 0 radical (unpaired) electrons. The van der Waals surface area contributed by atoms with Crippen molar-refractivity contribution in [3.05, 3.63) is 35.1 Å². The topological polar surface area (TPSA) is 106 Å². The molecular formula is C26H27ClF3N7O2.